The van der Waals surface area contributed by atoms with Crippen molar-refractivity contribution >= 4 is 113 Å². The van der Waals surface area contributed by atoms with Gasteiger partial charge in [-0.05, 0) is 61.4 Å². The van der Waals surface area contributed by atoms with Crippen LogP contribution in [-0.2, 0) is 12.8 Å². The van der Waals surface area contributed by atoms with Crippen molar-refractivity contribution in [3.05, 3.63) is 115 Å². The van der Waals surface area contributed by atoms with Gasteiger partial charge in [-0.2, -0.15) is 0 Å². The summed E-state index contributed by atoms with van der Waals surface area (Å²) in [5.74, 6) is -0.282. The zero-order chi connectivity index (χ0) is 50.2. The second-order valence-electron chi connectivity index (χ2n) is 16.0. The minimum Gasteiger partial charge on any atom is -0.394 e. The topological polar surface area (TPSA) is 230 Å². The molecular weight excluding hydrogens is 1050 g/mol. The number of halogens is 5. The lowest BCUT2D eigenvalue weighted by atomic mass is 10.1. The standard InChI is InChI=1S/C21H24FN5O3S.C13H20FN3O2.C11H8N4OS.CH2Cl2.2CH4.ClH/c1-13-11-26(21(30)25-20-24-17-4-2-3-5-18(17)31-20)6-7-27(13)19-16(22)9-14(10-23-19)8-15(29)12-28;1-9-6-15-2-3-17(9)13-12(14)5-10(7-16-13)4-11(19)8-18;16-11(15-6-5-12-7-15)14-10-13-8-3-1-2-4-9(8)17-10;2-1-3;;;/h2-5,9-10,13,15,28-29H,6-8,11-12H2,1H3,(H,24,25,30);5,7,9,11,15,18-19H,2-4,6,8H2,1H3;1-7H,(H,13,14,16);1H2;2*1H4;1H/t13-,15+;9-,11+;;;;;/m00...../s1. The molecule has 398 valence electrons. The number of nitrogens with zero attached hydrogens (tertiary/aromatic N) is 9. The molecule has 0 spiro atoms. The first kappa shape index (κ1) is 61.9. The molecule has 7 aromatic rings. The van der Waals surface area contributed by atoms with Crippen LogP contribution in [0.4, 0.5) is 40.3 Å². The SMILES string of the molecule is C.C.C[C@H]1CN(C(=O)Nc2nc3ccccc3s2)CCN1c1ncc(C[C@@H](O)CO)cc1F.C[C@H]1CNCCN1c1ncc(C[C@@H](O)CO)cc1F.Cl.ClCCl.O=C(Nc1nc2ccccc2s1)n1ccnc1. The van der Waals surface area contributed by atoms with Crippen LogP contribution in [0.1, 0.15) is 39.8 Å². The van der Waals surface area contributed by atoms with Gasteiger partial charge in [-0.25, -0.2) is 43.3 Å². The first-order chi connectivity index (χ1) is 33.8. The number of hydrogen-bond acceptors (Lipinski definition) is 16. The largest absolute Gasteiger partial charge is 0.394 e. The van der Waals surface area contributed by atoms with E-state index in [2.05, 4.69) is 40.9 Å². The Kier molecular flexibility index (Phi) is 26.0. The number of imidazole rings is 1. The first-order valence-electron chi connectivity index (χ1n) is 22.1. The molecule has 0 aliphatic carbocycles. The Bertz CT molecular complexity index is 2700. The van der Waals surface area contributed by atoms with Gasteiger partial charge in [0.25, 0.3) is 0 Å². The van der Waals surface area contributed by atoms with E-state index >= 15 is 0 Å². The van der Waals surface area contributed by atoms with Crippen LogP contribution in [0.25, 0.3) is 20.4 Å². The number of rotatable bonds is 10. The fraction of sp³-hybridized carbons (Fsp3) is 0.396. The number of alkyl halides is 2. The number of amides is 3. The summed E-state index contributed by atoms with van der Waals surface area (Å²) >= 11 is 12.4. The molecule has 2 aliphatic heterocycles. The molecule has 2 saturated heterocycles. The fourth-order valence-electron chi connectivity index (χ4n) is 7.43. The van der Waals surface area contributed by atoms with Crippen molar-refractivity contribution in [1.29, 1.82) is 0 Å². The summed E-state index contributed by atoms with van der Waals surface area (Å²) in [5.41, 5.74) is 2.84. The molecule has 0 bridgehead atoms. The lowest BCUT2D eigenvalue weighted by Crippen LogP contribution is -2.55. The average molecular weight is 1110 g/mol. The zero-order valence-corrected chi connectivity index (χ0v) is 42.6. The lowest BCUT2D eigenvalue weighted by Gasteiger charge is -2.40. The van der Waals surface area contributed by atoms with E-state index in [9.17, 15) is 28.6 Å². The number of aliphatic hydroxyl groups excluding tert-OH is 4. The third kappa shape index (κ3) is 17.6. The number of hydrogen-bond donors (Lipinski definition) is 7. The van der Waals surface area contributed by atoms with Crippen molar-refractivity contribution < 1.29 is 38.8 Å². The summed E-state index contributed by atoms with van der Waals surface area (Å²) in [5, 5.41) is 46.8. The summed E-state index contributed by atoms with van der Waals surface area (Å²) < 4.78 is 32.2. The third-order valence-corrected chi connectivity index (χ3v) is 12.7. The molecule has 25 heteroatoms. The summed E-state index contributed by atoms with van der Waals surface area (Å²) in [7, 11) is 0. The number of benzene rings is 2. The fourth-order valence-corrected chi connectivity index (χ4v) is 9.14. The van der Waals surface area contributed by atoms with E-state index in [1.807, 2.05) is 72.2 Å². The van der Waals surface area contributed by atoms with Gasteiger partial charge in [0, 0.05) is 89.0 Å². The van der Waals surface area contributed by atoms with Crippen molar-refractivity contribution in [3.8, 4) is 0 Å². The van der Waals surface area contributed by atoms with Gasteiger partial charge in [-0.15, -0.1) is 35.6 Å². The number of aliphatic hydroxyl groups is 4. The Labute approximate surface area is 447 Å². The summed E-state index contributed by atoms with van der Waals surface area (Å²) in [4.78, 5) is 50.9. The predicted octanol–water partition coefficient (Wildman–Crippen LogP) is 8.07. The van der Waals surface area contributed by atoms with Gasteiger partial charge in [-0.1, -0.05) is 61.8 Å². The van der Waals surface area contributed by atoms with Crippen molar-refractivity contribution in [2.45, 2.75) is 65.8 Å². The Hall–Kier alpha value is -5.40. The minimum absolute atomic E-state index is 0. The molecular formula is C48H63Cl3F2N12O6S2. The smallest absolute Gasteiger partial charge is 0.333 e. The number of aromatic nitrogens is 6. The highest BCUT2D eigenvalue weighted by Gasteiger charge is 2.30. The number of urea groups is 1. The molecule has 5 aromatic heterocycles. The monoisotopic (exact) mass is 1110 g/mol. The summed E-state index contributed by atoms with van der Waals surface area (Å²) in [6, 6.07) is 17.7. The second-order valence-corrected chi connectivity index (χ2v) is 18.9. The normalized spacial score (nSPS) is 15.8. The van der Waals surface area contributed by atoms with Crippen LogP contribution < -0.4 is 25.8 Å². The molecule has 0 unspecified atom stereocenters. The van der Waals surface area contributed by atoms with Gasteiger partial charge in [0.15, 0.2) is 33.5 Å². The highest BCUT2D eigenvalue weighted by molar-refractivity contribution is 7.22. The lowest BCUT2D eigenvalue weighted by molar-refractivity contribution is 0.0953. The number of pyridine rings is 2. The summed E-state index contributed by atoms with van der Waals surface area (Å²) in [6.07, 6.45) is 6.19. The van der Waals surface area contributed by atoms with Crippen LogP contribution in [0.2, 0.25) is 0 Å². The van der Waals surface area contributed by atoms with E-state index in [0.29, 0.717) is 46.8 Å². The van der Waals surface area contributed by atoms with Gasteiger partial charge in [0.1, 0.15) is 6.33 Å². The second kappa shape index (κ2) is 30.7. The van der Waals surface area contributed by atoms with Crippen molar-refractivity contribution in [2.75, 3.05) is 78.3 Å². The number of para-hydroxylation sites is 2. The number of fused-ring (bicyclic) bond motifs is 2. The molecule has 2 fully saturated rings. The summed E-state index contributed by atoms with van der Waals surface area (Å²) in [6.45, 7) is 6.86. The Morgan fingerprint density at radius 2 is 1.27 bits per heavy atom. The molecule has 3 amide bonds. The van der Waals surface area contributed by atoms with Crippen LogP contribution in [0, 0.1) is 11.6 Å². The number of anilines is 4. The van der Waals surface area contributed by atoms with E-state index < -0.39 is 18.0 Å². The van der Waals surface area contributed by atoms with Gasteiger partial charge >= 0.3 is 12.1 Å². The maximum absolute atomic E-state index is 14.7. The van der Waals surface area contributed by atoms with Crippen molar-refractivity contribution in [3.63, 3.8) is 0 Å². The van der Waals surface area contributed by atoms with Gasteiger partial charge < -0.3 is 40.4 Å². The van der Waals surface area contributed by atoms with Crippen molar-refractivity contribution in [1.82, 2.24) is 39.7 Å². The maximum Gasteiger partial charge on any atom is 0.333 e. The minimum atomic E-state index is -0.941. The Balaban J connectivity index is 0.000000290. The quantitative estimate of drug-likeness (QED) is 0.0643. The zero-order valence-electron chi connectivity index (χ0n) is 38.6. The highest BCUT2D eigenvalue weighted by atomic mass is 35.5. The average Bonchev–Trinajstić information content (AvgIpc) is 4.13. The number of thiazole rings is 2. The van der Waals surface area contributed by atoms with Gasteiger partial charge in [0.2, 0.25) is 0 Å². The van der Waals surface area contributed by atoms with E-state index in [0.717, 1.165) is 40.1 Å². The van der Waals surface area contributed by atoms with Crippen LogP contribution in [-0.4, -0.2) is 149 Å². The van der Waals surface area contributed by atoms with Crippen LogP contribution in [0.5, 0.6) is 0 Å². The molecule has 2 aromatic carbocycles. The number of piperazine rings is 2. The molecule has 2 aliphatic rings. The van der Waals surface area contributed by atoms with Gasteiger partial charge in [0.05, 0.1) is 51.2 Å². The number of carbonyl (C=O) groups is 2. The maximum atomic E-state index is 14.7. The first-order valence-corrected chi connectivity index (χ1v) is 24.8. The van der Waals surface area contributed by atoms with E-state index in [1.165, 1.54) is 51.9 Å². The molecule has 73 heavy (non-hydrogen) atoms. The molecule has 9 rings (SSSR count). The predicted molar refractivity (Wildman–Crippen MR) is 292 cm³/mol. The Morgan fingerprint density at radius 3 is 1.71 bits per heavy atom. The van der Waals surface area contributed by atoms with Gasteiger partial charge in [-0.3, -0.25) is 15.2 Å². The van der Waals surface area contributed by atoms with Crippen LogP contribution in [0.15, 0.2) is 91.8 Å². The van der Waals surface area contributed by atoms with E-state index in [4.69, 9.17) is 33.4 Å². The van der Waals surface area contributed by atoms with E-state index in [-0.39, 0.29) is 94.4 Å². The molecule has 0 saturated carbocycles. The molecule has 18 nitrogen and oxygen atoms in total. The van der Waals surface area contributed by atoms with Crippen molar-refractivity contribution in [2.24, 2.45) is 0 Å². The third-order valence-electron chi connectivity index (χ3n) is 10.8. The van der Waals surface area contributed by atoms with Crippen LogP contribution in [0.3, 0.4) is 0 Å². The van der Waals surface area contributed by atoms with E-state index in [1.54, 1.807) is 23.5 Å². The van der Waals surface area contributed by atoms with Crippen LogP contribution >= 0.6 is 58.3 Å². The molecule has 0 radical (unpaired) electrons. The Morgan fingerprint density at radius 1 is 0.781 bits per heavy atom. The highest BCUT2D eigenvalue weighted by Crippen LogP contribution is 2.28. The number of carbonyl (C=O) groups excluding carboxylic acids is 2. The molecule has 7 heterocycles. The number of nitrogens with one attached hydrogen (secondary N) is 3. The molecule has 7 N–H and O–H groups in total. The molecule has 4 atom stereocenters.